The molecule has 0 aromatic heterocycles. The molecule has 0 aliphatic carbocycles. The Morgan fingerprint density at radius 1 is 1.36 bits per heavy atom. The first kappa shape index (κ1) is 10.8. The summed E-state index contributed by atoms with van der Waals surface area (Å²) in [5, 5.41) is 0. The number of nitrogens with zero attached hydrogens (tertiary/aromatic N) is 1. The molecule has 0 atom stereocenters. The normalized spacial score (nSPS) is 10.9. The van der Waals surface area contributed by atoms with Crippen molar-refractivity contribution >= 4 is 10.0 Å². The van der Waals surface area contributed by atoms with E-state index in [1.807, 2.05) is 18.2 Å². The number of hydrogen-bond acceptors (Lipinski definition) is 2. The van der Waals surface area contributed by atoms with Crippen LogP contribution in [0.2, 0.25) is 0 Å². The number of benzene rings is 1. The molecule has 76 valence electrons. The Balaban J connectivity index is 2.84. The quantitative estimate of drug-likeness (QED) is 0.758. The van der Waals surface area contributed by atoms with Crippen molar-refractivity contribution in [2.24, 2.45) is 0 Å². The predicted molar refractivity (Wildman–Crippen MR) is 57.0 cm³/mol. The summed E-state index contributed by atoms with van der Waals surface area (Å²) in [6.45, 7) is 3.42. The monoisotopic (exact) mass is 211 g/mol. The van der Waals surface area contributed by atoms with Gasteiger partial charge in [-0.25, -0.2) is 8.42 Å². The molecule has 1 aromatic rings. The van der Waals surface area contributed by atoms with Crippen molar-refractivity contribution in [3.63, 3.8) is 0 Å². The van der Waals surface area contributed by atoms with Gasteiger partial charge >= 0.3 is 0 Å². The van der Waals surface area contributed by atoms with Gasteiger partial charge < -0.3 is 0 Å². The van der Waals surface area contributed by atoms with Gasteiger partial charge in [-0.05, 0) is 5.56 Å². The summed E-state index contributed by atoms with van der Waals surface area (Å²) in [6.07, 6.45) is 1.29. The fraction of sp³-hybridized carbons (Fsp3) is 0.200. The van der Waals surface area contributed by atoms with Crippen molar-refractivity contribution in [3.8, 4) is 0 Å². The molecule has 1 aromatic carbocycles. The summed E-state index contributed by atoms with van der Waals surface area (Å²) in [6, 6.07) is 9.06. The summed E-state index contributed by atoms with van der Waals surface area (Å²) in [4.78, 5) is 0. The highest BCUT2D eigenvalue weighted by Gasteiger charge is 2.14. The molecule has 0 amide bonds. The van der Waals surface area contributed by atoms with Crippen molar-refractivity contribution in [2.75, 3.05) is 7.05 Å². The van der Waals surface area contributed by atoms with Crippen molar-refractivity contribution < 1.29 is 8.42 Å². The van der Waals surface area contributed by atoms with Gasteiger partial charge in [-0.2, -0.15) is 0 Å². The van der Waals surface area contributed by atoms with Crippen LogP contribution in [-0.2, 0) is 15.8 Å². The van der Waals surface area contributed by atoms with Crippen LogP contribution in [0.25, 0.3) is 0 Å². The predicted octanol–water partition coefficient (Wildman–Crippen LogP) is 1.59. The second-order valence-electron chi connectivity index (χ2n) is 2.94. The second kappa shape index (κ2) is 4.28. The van der Waals surface area contributed by atoms with E-state index in [1.54, 1.807) is 12.1 Å². The average Bonchev–Trinajstić information content (AvgIpc) is 2.17. The Morgan fingerprint density at radius 2 is 1.93 bits per heavy atom. The van der Waals surface area contributed by atoms with Gasteiger partial charge in [-0.15, -0.1) is 0 Å². The molecule has 0 aliphatic heterocycles. The van der Waals surface area contributed by atoms with E-state index in [1.165, 1.54) is 13.2 Å². The Labute approximate surface area is 84.7 Å². The van der Waals surface area contributed by atoms with Gasteiger partial charge in [-0.1, -0.05) is 36.9 Å². The maximum absolute atomic E-state index is 11.6. The molecule has 0 bridgehead atoms. The lowest BCUT2D eigenvalue weighted by Crippen LogP contribution is -2.22. The highest BCUT2D eigenvalue weighted by molar-refractivity contribution is 7.88. The molecule has 3 nitrogen and oxygen atoms in total. The zero-order valence-electron chi connectivity index (χ0n) is 8.05. The van der Waals surface area contributed by atoms with Crippen LogP contribution in [0, 0.1) is 0 Å². The fourth-order valence-corrected chi connectivity index (χ4v) is 2.04. The third kappa shape index (κ3) is 2.60. The lowest BCUT2D eigenvalue weighted by atomic mass is 10.2. The van der Waals surface area contributed by atoms with E-state index in [4.69, 9.17) is 0 Å². The smallest absolute Gasteiger partial charge is 0.238 e. The third-order valence-electron chi connectivity index (χ3n) is 1.89. The molecular weight excluding hydrogens is 198 g/mol. The van der Waals surface area contributed by atoms with Crippen LogP contribution < -0.4 is 0 Å². The summed E-state index contributed by atoms with van der Waals surface area (Å²) < 4.78 is 24.3. The largest absolute Gasteiger partial charge is 0.281 e. The molecule has 0 aliphatic rings. The molecule has 1 rings (SSSR count). The van der Waals surface area contributed by atoms with Gasteiger partial charge in [0.25, 0.3) is 0 Å². The minimum Gasteiger partial charge on any atom is -0.281 e. The van der Waals surface area contributed by atoms with Crippen molar-refractivity contribution in [3.05, 3.63) is 48.7 Å². The first-order chi connectivity index (χ1) is 6.56. The van der Waals surface area contributed by atoms with Gasteiger partial charge in [0.05, 0.1) is 5.75 Å². The first-order valence-corrected chi connectivity index (χ1v) is 5.79. The highest BCUT2D eigenvalue weighted by atomic mass is 32.2. The van der Waals surface area contributed by atoms with E-state index in [-0.39, 0.29) is 5.75 Å². The molecule has 0 radical (unpaired) electrons. The number of sulfonamides is 1. The van der Waals surface area contributed by atoms with E-state index < -0.39 is 10.0 Å². The SMILES string of the molecule is C=CN(C)S(=O)(=O)Cc1ccccc1. The van der Waals surface area contributed by atoms with Gasteiger partial charge in [0.2, 0.25) is 10.0 Å². The van der Waals surface area contributed by atoms with E-state index in [0.29, 0.717) is 0 Å². The van der Waals surface area contributed by atoms with Crippen LogP contribution in [0.3, 0.4) is 0 Å². The Bertz CT molecular complexity index is 397. The van der Waals surface area contributed by atoms with E-state index in [0.717, 1.165) is 9.87 Å². The van der Waals surface area contributed by atoms with Crippen LogP contribution >= 0.6 is 0 Å². The molecule has 0 unspecified atom stereocenters. The van der Waals surface area contributed by atoms with E-state index >= 15 is 0 Å². The van der Waals surface area contributed by atoms with Crippen LogP contribution in [0.5, 0.6) is 0 Å². The Morgan fingerprint density at radius 3 is 2.43 bits per heavy atom. The van der Waals surface area contributed by atoms with Gasteiger partial charge in [0.1, 0.15) is 0 Å². The summed E-state index contributed by atoms with van der Waals surface area (Å²) in [5.74, 6) is 0.0103. The fourth-order valence-electron chi connectivity index (χ4n) is 1.00. The second-order valence-corrected chi connectivity index (χ2v) is 4.97. The molecule has 14 heavy (non-hydrogen) atoms. The van der Waals surface area contributed by atoms with E-state index in [9.17, 15) is 8.42 Å². The molecule has 0 saturated carbocycles. The van der Waals surface area contributed by atoms with Crippen LogP contribution in [0.15, 0.2) is 43.1 Å². The van der Waals surface area contributed by atoms with Crippen molar-refractivity contribution in [1.29, 1.82) is 0 Å². The maximum Gasteiger partial charge on any atom is 0.238 e. The minimum absolute atomic E-state index is 0.0103. The third-order valence-corrected chi connectivity index (χ3v) is 3.61. The molecular formula is C10H13NO2S. The van der Waals surface area contributed by atoms with Gasteiger partial charge in [0.15, 0.2) is 0 Å². The van der Waals surface area contributed by atoms with Crippen molar-refractivity contribution in [2.45, 2.75) is 5.75 Å². The van der Waals surface area contributed by atoms with Crippen LogP contribution in [0.1, 0.15) is 5.56 Å². The molecule has 0 spiro atoms. The zero-order chi connectivity index (χ0) is 10.6. The number of rotatable bonds is 4. The summed E-state index contributed by atoms with van der Waals surface area (Å²) >= 11 is 0. The standard InChI is InChI=1S/C10H13NO2S/c1-3-11(2)14(12,13)9-10-7-5-4-6-8-10/h3-8H,1,9H2,2H3. The lowest BCUT2D eigenvalue weighted by molar-refractivity contribution is 0.538. The van der Waals surface area contributed by atoms with Crippen LogP contribution in [0.4, 0.5) is 0 Å². The van der Waals surface area contributed by atoms with Crippen molar-refractivity contribution in [1.82, 2.24) is 4.31 Å². The highest BCUT2D eigenvalue weighted by Crippen LogP contribution is 2.08. The van der Waals surface area contributed by atoms with Crippen LogP contribution in [-0.4, -0.2) is 19.8 Å². The molecule has 0 heterocycles. The van der Waals surface area contributed by atoms with E-state index in [2.05, 4.69) is 6.58 Å². The van der Waals surface area contributed by atoms with Gasteiger partial charge in [-0.3, -0.25) is 4.31 Å². The Kier molecular flexibility index (Phi) is 3.30. The molecule has 0 fully saturated rings. The maximum atomic E-state index is 11.6. The Hall–Kier alpha value is -1.29. The minimum atomic E-state index is -3.25. The first-order valence-electron chi connectivity index (χ1n) is 4.18. The van der Waals surface area contributed by atoms with Gasteiger partial charge in [0, 0.05) is 13.2 Å². The topological polar surface area (TPSA) is 37.4 Å². The summed E-state index contributed by atoms with van der Waals surface area (Å²) in [5.41, 5.74) is 0.779. The zero-order valence-corrected chi connectivity index (χ0v) is 8.87. The summed E-state index contributed by atoms with van der Waals surface area (Å²) in [7, 11) is -1.77. The molecule has 0 saturated heterocycles. The molecule has 0 N–H and O–H groups in total. The lowest BCUT2D eigenvalue weighted by Gasteiger charge is -2.13. The molecule has 4 heteroatoms. The number of hydrogen-bond donors (Lipinski definition) is 0. The average molecular weight is 211 g/mol.